The molecule has 108 valence electrons. The maximum atomic E-state index is 14.1. The van der Waals surface area contributed by atoms with Crippen LogP contribution in [0.3, 0.4) is 0 Å². The highest BCUT2D eigenvalue weighted by molar-refractivity contribution is 9.11. The van der Waals surface area contributed by atoms with Crippen molar-refractivity contribution in [2.24, 2.45) is 0 Å². The lowest BCUT2D eigenvalue weighted by Gasteiger charge is -2.20. The molecule has 0 aliphatic heterocycles. The van der Waals surface area contributed by atoms with Crippen LogP contribution in [0.25, 0.3) is 0 Å². The zero-order valence-corrected chi connectivity index (χ0v) is 13.7. The standard InChI is InChI=1S/C15H16BrF2NS/c1-3-6-19-15(12-8-14(16)20-9(12)2)11-5-4-10(17)7-13(11)18/h4-5,7-8,15,19H,3,6H2,1-2H3. The Labute approximate surface area is 130 Å². The summed E-state index contributed by atoms with van der Waals surface area (Å²) in [5.41, 5.74) is 1.51. The van der Waals surface area contributed by atoms with Gasteiger partial charge in [-0.15, -0.1) is 11.3 Å². The number of rotatable bonds is 5. The molecular weight excluding hydrogens is 344 g/mol. The average molecular weight is 360 g/mol. The van der Waals surface area contributed by atoms with Crippen molar-refractivity contribution in [3.05, 3.63) is 55.7 Å². The largest absolute Gasteiger partial charge is 0.306 e. The quantitative estimate of drug-likeness (QED) is 0.774. The molecule has 1 aromatic heterocycles. The van der Waals surface area contributed by atoms with E-state index in [0.29, 0.717) is 5.56 Å². The van der Waals surface area contributed by atoms with Crippen molar-refractivity contribution in [3.8, 4) is 0 Å². The second kappa shape index (κ2) is 6.78. The normalized spacial score (nSPS) is 12.7. The van der Waals surface area contributed by atoms with Crippen molar-refractivity contribution in [2.75, 3.05) is 6.54 Å². The molecule has 0 aliphatic rings. The highest BCUT2D eigenvalue weighted by atomic mass is 79.9. The zero-order chi connectivity index (χ0) is 14.7. The van der Waals surface area contributed by atoms with Gasteiger partial charge in [-0.1, -0.05) is 13.0 Å². The molecule has 0 saturated heterocycles. The summed E-state index contributed by atoms with van der Waals surface area (Å²) < 4.78 is 28.2. The lowest BCUT2D eigenvalue weighted by atomic mass is 9.98. The first-order valence-corrected chi connectivity index (χ1v) is 8.08. The fraction of sp³-hybridized carbons (Fsp3) is 0.333. The Kier molecular flexibility index (Phi) is 5.29. The van der Waals surface area contributed by atoms with Crippen LogP contribution in [-0.4, -0.2) is 6.54 Å². The van der Waals surface area contributed by atoms with Crippen LogP contribution < -0.4 is 5.32 Å². The van der Waals surface area contributed by atoms with E-state index >= 15 is 0 Å². The van der Waals surface area contributed by atoms with Gasteiger partial charge in [0.25, 0.3) is 0 Å². The Bertz CT molecular complexity index is 598. The maximum absolute atomic E-state index is 14.1. The number of thiophene rings is 1. The highest BCUT2D eigenvalue weighted by Crippen LogP contribution is 2.34. The summed E-state index contributed by atoms with van der Waals surface area (Å²) in [4.78, 5) is 1.12. The van der Waals surface area contributed by atoms with Gasteiger partial charge in [0.05, 0.1) is 9.83 Å². The van der Waals surface area contributed by atoms with Crippen molar-refractivity contribution in [1.29, 1.82) is 0 Å². The van der Waals surface area contributed by atoms with Gasteiger partial charge in [-0.2, -0.15) is 0 Å². The summed E-state index contributed by atoms with van der Waals surface area (Å²) in [7, 11) is 0. The summed E-state index contributed by atoms with van der Waals surface area (Å²) >= 11 is 5.07. The maximum Gasteiger partial charge on any atom is 0.131 e. The van der Waals surface area contributed by atoms with E-state index in [4.69, 9.17) is 0 Å². The molecule has 0 radical (unpaired) electrons. The van der Waals surface area contributed by atoms with E-state index in [2.05, 4.69) is 28.2 Å². The molecule has 0 saturated carbocycles. The highest BCUT2D eigenvalue weighted by Gasteiger charge is 2.21. The Hall–Kier alpha value is -0.780. The van der Waals surface area contributed by atoms with Crippen LogP contribution >= 0.6 is 27.3 Å². The van der Waals surface area contributed by atoms with Crippen molar-refractivity contribution in [3.63, 3.8) is 0 Å². The molecular formula is C15H16BrF2NS. The minimum absolute atomic E-state index is 0.252. The Morgan fingerprint density at radius 3 is 2.55 bits per heavy atom. The lowest BCUT2D eigenvalue weighted by molar-refractivity contribution is 0.532. The van der Waals surface area contributed by atoms with E-state index in [-0.39, 0.29) is 6.04 Å². The van der Waals surface area contributed by atoms with E-state index < -0.39 is 11.6 Å². The molecule has 0 amide bonds. The molecule has 0 aliphatic carbocycles. The van der Waals surface area contributed by atoms with Crippen molar-refractivity contribution < 1.29 is 8.78 Å². The molecule has 2 rings (SSSR count). The molecule has 1 aromatic carbocycles. The third kappa shape index (κ3) is 3.45. The first-order valence-electron chi connectivity index (χ1n) is 6.47. The molecule has 5 heteroatoms. The van der Waals surface area contributed by atoms with E-state index in [1.807, 2.05) is 13.0 Å². The third-order valence-corrected chi connectivity index (χ3v) is 4.68. The molecule has 1 atom stereocenters. The predicted molar refractivity (Wildman–Crippen MR) is 83.3 cm³/mol. The summed E-state index contributed by atoms with van der Waals surface area (Å²) in [6.07, 6.45) is 0.948. The number of aryl methyl sites for hydroxylation is 1. The van der Waals surface area contributed by atoms with E-state index in [9.17, 15) is 8.78 Å². The van der Waals surface area contributed by atoms with Crippen molar-refractivity contribution in [2.45, 2.75) is 26.3 Å². The Balaban J connectivity index is 2.44. The van der Waals surface area contributed by atoms with E-state index in [1.165, 1.54) is 12.1 Å². The molecule has 0 spiro atoms. The van der Waals surface area contributed by atoms with Gasteiger partial charge in [0.2, 0.25) is 0 Å². The first-order chi connectivity index (χ1) is 9.52. The van der Waals surface area contributed by atoms with Crippen LogP contribution in [0.2, 0.25) is 0 Å². The third-order valence-electron chi connectivity index (χ3n) is 3.11. The topological polar surface area (TPSA) is 12.0 Å². The van der Waals surface area contributed by atoms with Crippen LogP contribution in [0.4, 0.5) is 8.78 Å². The summed E-state index contributed by atoms with van der Waals surface area (Å²) in [6.45, 7) is 4.84. The van der Waals surface area contributed by atoms with Gasteiger partial charge in [-0.05, 0) is 53.5 Å². The fourth-order valence-corrected chi connectivity index (χ4v) is 3.90. The predicted octanol–water partition coefficient (Wildman–Crippen LogP) is 5.19. The van der Waals surface area contributed by atoms with E-state index in [0.717, 1.165) is 33.3 Å². The van der Waals surface area contributed by atoms with Crippen LogP contribution in [-0.2, 0) is 0 Å². The molecule has 1 N–H and O–H groups in total. The number of nitrogens with one attached hydrogen (secondary N) is 1. The van der Waals surface area contributed by atoms with Gasteiger partial charge >= 0.3 is 0 Å². The van der Waals surface area contributed by atoms with Gasteiger partial charge in [0.1, 0.15) is 11.6 Å². The van der Waals surface area contributed by atoms with Gasteiger partial charge in [0, 0.05) is 16.5 Å². The fourth-order valence-electron chi connectivity index (χ4n) is 2.16. The second-order valence-electron chi connectivity index (χ2n) is 4.62. The molecule has 2 aromatic rings. The smallest absolute Gasteiger partial charge is 0.131 e. The van der Waals surface area contributed by atoms with Gasteiger partial charge < -0.3 is 5.32 Å². The molecule has 0 fully saturated rings. The average Bonchev–Trinajstić information content (AvgIpc) is 2.71. The van der Waals surface area contributed by atoms with Crippen LogP contribution in [0.1, 0.15) is 35.4 Å². The summed E-state index contributed by atoms with van der Waals surface area (Å²) in [5, 5.41) is 3.34. The first kappa shape index (κ1) is 15.6. The monoisotopic (exact) mass is 359 g/mol. The molecule has 1 nitrogen and oxygen atoms in total. The number of hydrogen-bond acceptors (Lipinski definition) is 2. The number of halogens is 3. The van der Waals surface area contributed by atoms with Crippen LogP contribution in [0.5, 0.6) is 0 Å². The number of benzene rings is 1. The Morgan fingerprint density at radius 2 is 2.00 bits per heavy atom. The van der Waals surface area contributed by atoms with E-state index in [1.54, 1.807) is 11.3 Å². The zero-order valence-electron chi connectivity index (χ0n) is 11.3. The van der Waals surface area contributed by atoms with Crippen LogP contribution in [0.15, 0.2) is 28.1 Å². The minimum atomic E-state index is -0.552. The Morgan fingerprint density at radius 1 is 1.25 bits per heavy atom. The number of hydrogen-bond donors (Lipinski definition) is 1. The van der Waals surface area contributed by atoms with Gasteiger partial charge in [-0.3, -0.25) is 0 Å². The van der Waals surface area contributed by atoms with Gasteiger partial charge in [0.15, 0.2) is 0 Å². The van der Waals surface area contributed by atoms with Crippen molar-refractivity contribution >= 4 is 27.3 Å². The molecule has 1 unspecified atom stereocenters. The second-order valence-corrected chi connectivity index (χ2v) is 7.25. The lowest BCUT2D eigenvalue weighted by Crippen LogP contribution is -2.24. The minimum Gasteiger partial charge on any atom is -0.306 e. The van der Waals surface area contributed by atoms with Gasteiger partial charge in [-0.25, -0.2) is 8.78 Å². The molecule has 1 heterocycles. The molecule has 0 bridgehead atoms. The van der Waals surface area contributed by atoms with Crippen LogP contribution in [0, 0.1) is 18.6 Å². The molecule has 20 heavy (non-hydrogen) atoms. The SMILES string of the molecule is CCCNC(c1ccc(F)cc1F)c1cc(Br)sc1C. The van der Waals surface area contributed by atoms with Crippen molar-refractivity contribution in [1.82, 2.24) is 5.32 Å². The summed E-state index contributed by atoms with van der Waals surface area (Å²) in [5.74, 6) is -1.07. The summed E-state index contributed by atoms with van der Waals surface area (Å²) in [6, 6.07) is 5.50.